The molecule has 28 heavy (non-hydrogen) atoms. The zero-order valence-electron chi connectivity index (χ0n) is 26.5. The topological polar surface area (TPSA) is 106 Å². The summed E-state index contributed by atoms with van der Waals surface area (Å²) >= 11 is 0. The molecule has 0 bridgehead atoms. The summed E-state index contributed by atoms with van der Waals surface area (Å²) in [5, 5.41) is 10.2. The average Bonchev–Trinajstić information content (AvgIpc) is 2.72. The van der Waals surface area contributed by atoms with Gasteiger partial charge in [0.25, 0.3) is 0 Å². The normalized spacial score (nSPS) is 18.2. The van der Waals surface area contributed by atoms with E-state index in [1.807, 2.05) is 0 Å². The number of nitrogens with zero attached hydrogens (tertiary/aromatic N) is 1. The molecule has 152 valence electrons. The molecule has 0 aliphatic heterocycles. The van der Waals surface area contributed by atoms with E-state index in [0.29, 0.717) is 19.2 Å². The Morgan fingerprint density at radius 2 is 1.54 bits per heavy atom. The van der Waals surface area contributed by atoms with Crippen LogP contribution in [0.5, 0.6) is 23.0 Å². The number of ether oxygens (including phenoxy) is 4. The van der Waals surface area contributed by atoms with Crippen molar-refractivity contribution in [3.63, 3.8) is 0 Å². The van der Waals surface area contributed by atoms with Gasteiger partial charge in [-0.3, -0.25) is 10.1 Å². The first-order chi connectivity index (χ1) is 18.1. The molecule has 0 spiro atoms. The Morgan fingerprint density at radius 1 is 0.964 bits per heavy atom. The first kappa shape index (κ1) is 10.3. The van der Waals surface area contributed by atoms with Gasteiger partial charge in [-0.15, -0.1) is 0 Å². The van der Waals surface area contributed by atoms with Crippen LogP contribution in [0.3, 0.4) is 0 Å². The van der Waals surface area contributed by atoms with Gasteiger partial charge in [-0.05, 0) is 48.4 Å². The Hall–Kier alpha value is -3.26. The first-order valence-electron chi connectivity index (χ1n) is 13.6. The zero-order chi connectivity index (χ0) is 30.9. The molecular formula is C20H26N2O6. The van der Waals surface area contributed by atoms with Gasteiger partial charge in [-0.1, -0.05) is 12.1 Å². The maximum absolute atomic E-state index is 10.2. The Labute approximate surface area is 181 Å². The van der Waals surface area contributed by atoms with Gasteiger partial charge in [0.2, 0.25) is 6.20 Å². The van der Waals surface area contributed by atoms with Crippen molar-refractivity contribution >= 4 is 6.08 Å². The van der Waals surface area contributed by atoms with Crippen LogP contribution in [0.2, 0.25) is 0 Å². The smallest absolute Gasteiger partial charge is 0.235 e. The van der Waals surface area contributed by atoms with E-state index in [4.69, 9.17) is 31.7 Å². The van der Waals surface area contributed by atoms with Crippen molar-refractivity contribution in [3.8, 4) is 23.0 Å². The molecule has 0 atom stereocenters. The van der Waals surface area contributed by atoms with Crippen molar-refractivity contribution < 1.29 is 40.3 Å². The molecule has 2 aromatic rings. The second-order valence-corrected chi connectivity index (χ2v) is 5.04. The second kappa shape index (κ2) is 12.2. The largest absolute Gasteiger partial charge is 0.493 e. The molecule has 0 radical (unpaired) electrons. The lowest BCUT2D eigenvalue weighted by atomic mass is 10.1. The van der Waals surface area contributed by atoms with Gasteiger partial charge in [0.05, 0.1) is 49.5 Å². The zero-order valence-corrected chi connectivity index (χ0v) is 14.5. The van der Waals surface area contributed by atoms with Gasteiger partial charge >= 0.3 is 0 Å². The van der Waals surface area contributed by atoms with Crippen LogP contribution in [-0.4, -0.2) is 39.6 Å². The molecule has 0 amide bonds. The molecule has 2 rings (SSSR count). The second-order valence-electron chi connectivity index (χ2n) is 5.04. The number of benzene rings is 2. The number of methoxy groups -OCH3 is 4. The minimum atomic E-state index is -2.82. The lowest BCUT2D eigenvalue weighted by Gasteiger charge is -2.08. The van der Waals surface area contributed by atoms with Crippen LogP contribution >= 0.6 is 0 Å². The van der Waals surface area contributed by atoms with Gasteiger partial charge in [0, 0.05) is 6.08 Å². The third-order valence-corrected chi connectivity index (χ3v) is 3.24. The molecular weight excluding hydrogens is 364 g/mol. The fraction of sp³-hybridized carbons (Fsp3) is 0.300. The van der Waals surface area contributed by atoms with E-state index in [2.05, 4.69) is 9.47 Å². The Bertz CT molecular complexity index is 1160. The molecule has 0 saturated heterocycles. The van der Waals surface area contributed by atoms with Crippen LogP contribution in [0.1, 0.15) is 27.6 Å². The van der Waals surface area contributed by atoms with Crippen molar-refractivity contribution in [1.29, 1.82) is 0 Å². The number of hydrogen-bond donors (Lipinski definition) is 1. The Kier molecular flexibility index (Phi) is 4.50. The summed E-state index contributed by atoms with van der Waals surface area (Å²) in [5.41, 5.74) is 6.39. The van der Waals surface area contributed by atoms with E-state index in [1.54, 1.807) is 6.07 Å². The van der Waals surface area contributed by atoms with Crippen LogP contribution in [0, 0.1) is 10.1 Å². The molecule has 0 aliphatic rings. The highest BCUT2D eigenvalue weighted by Gasteiger charge is 2.04. The van der Waals surface area contributed by atoms with Crippen molar-refractivity contribution in [2.75, 3.05) is 34.7 Å². The summed E-state index contributed by atoms with van der Waals surface area (Å²) < 4.78 is 103. The molecule has 0 aliphatic carbocycles. The number of nitro groups is 1. The monoisotopic (exact) mass is 402 g/mol. The summed E-state index contributed by atoms with van der Waals surface area (Å²) in [7, 11) is -11.0. The predicted molar refractivity (Wildman–Crippen MR) is 108 cm³/mol. The van der Waals surface area contributed by atoms with Gasteiger partial charge in [-0.25, -0.2) is 0 Å². The highest BCUT2D eigenvalue weighted by atomic mass is 16.6. The average molecular weight is 403 g/mol. The number of hydrogen-bond acceptors (Lipinski definition) is 7. The Morgan fingerprint density at radius 3 is 2.11 bits per heavy atom. The molecule has 2 N–H and O–H groups in total. The van der Waals surface area contributed by atoms with E-state index >= 15 is 0 Å². The summed E-state index contributed by atoms with van der Waals surface area (Å²) in [6, 6.07) is 8.01. The van der Waals surface area contributed by atoms with E-state index in [0.717, 1.165) is 23.8 Å². The lowest BCUT2D eigenvalue weighted by Crippen LogP contribution is -2.03. The van der Waals surface area contributed by atoms with Gasteiger partial charge < -0.3 is 24.7 Å². The Balaban J connectivity index is 0.000000402. The number of rotatable bonds is 8. The third kappa shape index (κ3) is 7.16. The minimum Gasteiger partial charge on any atom is -0.493 e. The van der Waals surface area contributed by atoms with Crippen molar-refractivity contribution in [2.24, 2.45) is 5.73 Å². The third-order valence-electron chi connectivity index (χ3n) is 3.24. The van der Waals surface area contributed by atoms with E-state index in [1.165, 1.54) is 18.2 Å². The van der Waals surface area contributed by atoms with Crippen LogP contribution in [0.15, 0.2) is 42.6 Å². The molecule has 0 aromatic heterocycles. The first-order valence-corrected chi connectivity index (χ1v) is 7.62. The van der Waals surface area contributed by atoms with Crippen molar-refractivity contribution in [2.45, 2.75) is 6.42 Å². The number of nitrogens with two attached hydrogens (primary N) is 1. The van der Waals surface area contributed by atoms with Gasteiger partial charge in [0.1, 0.15) is 0 Å². The fourth-order valence-electron chi connectivity index (χ4n) is 1.98. The standard InChI is InChI=1S/C10H11NO4.C10H15NO2/c1-14-9-4-3-8(5-6-11(12)13)7-10(9)15-2;1-12-9-4-3-8(5-6-11)7-10(9)13-2/h3-7H,1-2H3;3-4,7H,5-6,11H2,1-2H3/b6-5+;/i2*1D3,2D3. The SMILES string of the molecule is [2H]C([2H])([2H])Oc1ccc(/C=C/[N+](=O)[O-])cc1OC([2H])([2H])[2H].[2H]C([2H])([2H])Oc1ccc(CCN)cc1OC([2H])([2H])[2H]. The van der Waals surface area contributed by atoms with E-state index in [-0.39, 0.29) is 28.6 Å². The molecule has 8 heteroatoms. The lowest BCUT2D eigenvalue weighted by molar-refractivity contribution is -0.400. The van der Waals surface area contributed by atoms with E-state index in [9.17, 15) is 10.1 Å². The summed E-state index contributed by atoms with van der Waals surface area (Å²) in [4.78, 5) is 9.54. The summed E-state index contributed by atoms with van der Waals surface area (Å²) in [5.74, 6) is -0.931. The highest BCUT2D eigenvalue weighted by Crippen LogP contribution is 2.28. The van der Waals surface area contributed by atoms with E-state index < -0.39 is 33.1 Å². The molecule has 0 fully saturated rings. The molecule has 2 aromatic carbocycles. The summed E-state index contributed by atoms with van der Waals surface area (Å²) in [6.07, 6.45) is 2.27. The predicted octanol–water partition coefficient (Wildman–Crippen LogP) is 3.16. The maximum atomic E-state index is 10.2. The van der Waals surface area contributed by atoms with Crippen LogP contribution in [-0.2, 0) is 6.42 Å². The quantitative estimate of drug-likeness (QED) is 0.534. The van der Waals surface area contributed by atoms with Crippen LogP contribution < -0.4 is 24.7 Å². The minimum absolute atomic E-state index is 0.137. The van der Waals surface area contributed by atoms with Crippen LogP contribution in [0.4, 0.5) is 0 Å². The molecule has 0 saturated carbocycles. The highest BCUT2D eigenvalue weighted by molar-refractivity contribution is 5.55. The molecule has 0 heterocycles. The fourth-order valence-corrected chi connectivity index (χ4v) is 1.98. The van der Waals surface area contributed by atoms with Crippen molar-refractivity contribution in [1.82, 2.24) is 0 Å². The van der Waals surface area contributed by atoms with Gasteiger partial charge in [0.15, 0.2) is 23.0 Å². The summed E-state index contributed by atoms with van der Waals surface area (Å²) in [6.45, 7) is 0.382. The molecule has 8 nitrogen and oxygen atoms in total. The van der Waals surface area contributed by atoms with Crippen LogP contribution in [0.25, 0.3) is 6.08 Å². The maximum Gasteiger partial charge on any atom is 0.235 e. The molecule has 0 unspecified atom stereocenters. The van der Waals surface area contributed by atoms with Gasteiger partial charge in [-0.2, -0.15) is 0 Å². The van der Waals surface area contributed by atoms with Crippen molar-refractivity contribution in [3.05, 3.63) is 63.8 Å².